The van der Waals surface area contributed by atoms with Crippen LogP contribution in [-0.4, -0.2) is 29.6 Å². The molecule has 1 unspecified atom stereocenters. The van der Waals surface area contributed by atoms with Gasteiger partial charge in [-0.3, -0.25) is 0 Å². The van der Waals surface area contributed by atoms with Crippen molar-refractivity contribution in [3.8, 4) is 0 Å². The van der Waals surface area contributed by atoms with E-state index in [-0.39, 0.29) is 5.82 Å². The number of nitrogens with zero attached hydrogens (tertiary/aromatic N) is 1. The molecule has 0 saturated carbocycles. The zero-order valence-corrected chi connectivity index (χ0v) is 11.2. The van der Waals surface area contributed by atoms with Gasteiger partial charge in [0.2, 0.25) is 0 Å². The van der Waals surface area contributed by atoms with Gasteiger partial charge >= 0.3 is 0 Å². The first-order valence-electron chi connectivity index (χ1n) is 6.76. The Bertz CT molecular complexity index is 401. The molecule has 1 heterocycles. The Morgan fingerprint density at radius 3 is 2.72 bits per heavy atom. The summed E-state index contributed by atoms with van der Waals surface area (Å²) >= 11 is 0. The summed E-state index contributed by atoms with van der Waals surface area (Å²) in [6.07, 6.45) is 2.36. The smallest absolute Gasteiger partial charge is 0.123 e. The van der Waals surface area contributed by atoms with Gasteiger partial charge in [-0.2, -0.15) is 0 Å². The van der Waals surface area contributed by atoms with Crippen molar-refractivity contribution >= 4 is 0 Å². The highest BCUT2D eigenvalue weighted by Crippen LogP contribution is 2.33. The van der Waals surface area contributed by atoms with E-state index in [0.29, 0.717) is 12.8 Å². The molecule has 1 aromatic rings. The van der Waals surface area contributed by atoms with Crippen molar-refractivity contribution in [3.63, 3.8) is 0 Å². The molecular formula is C15H22FNO. The average molecular weight is 251 g/mol. The molecule has 100 valence electrons. The Morgan fingerprint density at radius 2 is 2.06 bits per heavy atom. The maximum Gasteiger partial charge on any atom is 0.123 e. The van der Waals surface area contributed by atoms with Crippen LogP contribution in [0.1, 0.15) is 37.3 Å². The first-order valence-corrected chi connectivity index (χ1v) is 6.76. The summed E-state index contributed by atoms with van der Waals surface area (Å²) in [5, 5.41) is 10.8. The molecule has 1 fully saturated rings. The van der Waals surface area contributed by atoms with E-state index in [1.807, 2.05) is 13.0 Å². The van der Waals surface area contributed by atoms with E-state index in [0.717, 1.165) is 37.2 Å². The predicted molar refractivity (Wildman–Crippen MR) is 71.0 cm³/mol. The first kappa shape index (κ1) is 13.5. The minimum atomic E-state index is -0.864. The quantitative estimate of drug-likeness (QED) is 0.873. The van der Waals surface area contributed by atoms with Gasteiger partial charge in [-0.25, -0.2) is 4.39 Å². The molecule has 0 bridgehead atoms. The highest BCUT2D eigenvalue weighted by Gasteiger charge is 2.32. The van der Waals surface area contributed by atoms with Crippen LogP contribution >= 0.6 is 0 Å². The molecule has 0 aliphatic carbocycles. The molecule has 1 atom stereocenters. The number of rotatable bonds is 2. The molecule has 2 rings (SSSR count). The lowest BCUT2D eigenvalue weighted by atomic mass is 9.86. The van der Waals surface area contributed by atoms with E-state index < -0.39 is 5.60 Å². The highest BCUT2D eigenvalue weighted by atomic mass is 19.1. The number of hydrogen-bond donors (Lipinski definition) is 1. The van der Waals surface area contributed by atoms with Crippen LogP contribution in [0.5, 0.6) is 0 Å². The molecule has 2 nitrogen and oxygen atoms in total. The zero-order valence-electron chi connectivity index (χ0n) is 11.2. The number of hydrogen-bond acceptors (Lipinski definition) is 2. The Labute approximate surface area is 108 Å². The van der Waals surface area contributed by atoms with Crippen LogP contribution in [-0.2, 0) is 5.60 Å². The fourth-order valence-corrected chi connectivity index (χ4v) is 2.78. The number of aliphatic hydroxyl groups is 1. The largest absolute Gasteiger partial charge is 0.385 e. The Hall–Kier alpha value is -0.930. The molecule has 1 N–H and O–H groups in total. The van der Waals surface area contributed by atoms with E-state index >= 15 is 0 Å². The summed E-state index contributed by atoms with van der Waals surface area (Å²) in [4.78, 5) is 2.34. The molecular weight excluding hydrogens is 229 g/mol. The molecule has 1 aliphatic heterocycles. The van der Waals surface area contributed by atoms with Crippen LogP contribution in [0, 0.1) is 12.7 Å². The lowest BCUT2D eigenvalue weighted by Crippen LogP contribution is -2.29. The van der Waals surface area contributed by atoms with Gasteiger partial charge in [-0.1, -0.05) is 13.0 Å². The van der Waals surface area contributed by atoms with E-state index in [9.17, 15) is 9.50 Å². The van der Waals surface area contributed by atoms with Crippen molar-refractivity contribution < 1.29 is 9.50 Å². The minimum absolute atomic E-state index is 0.255. The monoisotopic (exact) mass is 251 g/mol. The van der Waals surface area contributed by atoms with E-state index in [1.54, 1.807) is 0 Å². The van der Waals surface area contributed by atoms with Crippen molar-refractivity contribution in [1.29, 1.82) is 0 Å². The Balaban J connectivity index is 2.24. The van der Waals surface area contributed by atoms with Gasteiger partial charge in [-0.05, 0) is 62.5 Å². The van der Waals surface area contributed by atoms with Crippen molar-refractivity contribution in [3.05, 3.63) is 35.1 Å². The maximum absolute atomic E-state index is 13.5. The summed E-state index contributed by atoms with van der Waals surface area (Å²) in [7, 11) is 0. The third-order valence-corrected chi connectivity index (χ3v) is 3.93. The fraction of sp³-hybridized carbons (Fsp3) is 0.600. The lowest BCUT2D eigenvalue weighted by molar-refractivity contribution is 0.0210. The normalized spacial score (nSPS) is 26.0. The van der Waals surface area contributed by atoms with Crippen LogP contribution < -0.4 is 0 Å². The molecule has 18 heavy (non-hydrogen) atoms. The van der Waals surface area contributed by atoms with Crippen LogP contribution in [0.3, 0.4) is 0 Å². The Kier molecular flexibility index (Phi) is 4.03. The molecule has 0 radical (unpaired) electrons. The van der Waals surface area contributed by atoms with Gasteiger partial charge in [0.05, 0.1) is 5.60 Å². The van der Waals surface area contributed by atoms with E-state index in [1.165, 1.54) is 12.1 Å². The molecule has 0 aromatic heterocycles. The SMILES string of the molecule is CCN1CCCC(O)(c2cc(C)cc(F)c2)CC1. The molecule has 0 spiro atoms. The van der Waals surface area contributed by atoms with Gasteiger partial charge < -0.3 is 10.0 Å². The third-order valence-electron chi connectivity index (χ3n) is 3.93. The highest BCUT2D eigenvalue weighted by molar-refractivity contribution is 5.28. The second kappa shape index (κ2) is 5.37. The maximum atomic E-state index is 13.5. The molecule has 1 aromatic carbocycles. The van der Waals surface area contributed by atoms with Gasteiger partial charge in [0.1, 0.15) is 5.82 Å². The lowest BCUT2D eigenvalue weighted by Gasteiger charge is -2.28. The second-order valence-electron chi connectivity index (χ2n) is 5.34. The van der Waals surface area contributed by atoms with Crippen LogP contribution in [0.25, 0.3) is 0 Å². The van der Waals surface area contributed by atoms with E-state index in [2.05, 4.69) is 11.8 Å². The number of benzene rings is 1. The standard InChI is InChI=1S/C15H22FNO/c1-3-17-7-4-5-15(18,6-8-17)13-9-12(2)10-14(16)11-13/h9-11,18H,3-8H2,1-2H3. The zero-order chi connectivity index (χ0) is 13.2. The average Bonchev–Trinajstić information content (AvgIpc) is 2.51. The third kappa shape index (κ3) is 2.90. The van der Waals surface area contributed by atoms with Crippen LogP contribution in [0.4, 0.5) is 4.39 Å². The number of aryl methyl sites for hydroxylation is 1. The van der Waals surface area contributed by atoms with Crippen LogP contribution in [0.2, 0.25) is 0 Å². The topological polar surface area (TPSA) is 23.5 Å². The molecule has 1 aliphatic rings. The van der Waals surface area contributed by atoms with Crippen molar-refractivity contribution in [1.82, 2.24) is 4.90 Å². The summed E-state index contributed by atoms with van der Waals surface area (Å²) in [5.74, 6) is -0.255. The van der Waals surface area contributed by atoms with Gasteiger partial charge in [0, 0.05) is 6.54 Å². The number of likely N-dealkylation sites (tertiary alicyclic amines) is 1. The van der Waals surface area contributed by atoms with Crippen molar-refractivity contribution in [2.24, 2.45) is 0 Å². The Morgan fingerprint density at radius 1 is 1.28 bits per heavy atom. The second-order valence-corrected chi connectivity index (χ2v) is 5.34. The summed E-state index contributed by atoms with van der Waals surface area (Å²) in [5.41, 5.74) is 0.740. The van der Waals surface area contributed by atoms with Crippen LogP contribution in [0.15, 0.2) is 18.2 Å². The first-order chi connectivity index (χ1) is 8.53. The summed E-state index contributed by atoms with van der Waals surface area (Å²) in [6, 6.07) is 4.89. The van der Waals surface area contributed by atoms with Crippen molar-refractivity contribution in [2.75, 3.05) is 19.6 Å². The van der Waals surface area contributed by atoms with Crippen molar-refractivity contribution in [2.45, 2.75) is 38.7 Å². The summed E-state index contributed by atoms with van der Waals surface area (Å²) < 4.78 is 13.5. The van der Waals surface area contributed by atoms with Gasteiger partial charge in [0.15, 0.2) is 0 Å². The fourth-order valence-electron chi connectivity index (χ4n) is 2.78. The predicted octanol–water partition coefficient (Wildman–Crippen LogP) is 2.83. The van der Waals surface area contributed by atoms with Gasteiger partial charge in [-0.15, -0.1) is 0 Å². The molecule has 1 saturated heterocycles. The number of halogens is 1. The van der Waals surface area contributed by atoms with E-state index in [4.69, 9.17) is 0 Å². The molecule has 0 amide bonds. The molecule has 3 heteroatoms. The minimum Gasteiger partial charge on any atom is -0.385 e. The summed E-state index contributed by atoms with van der Waals surface area (Å²) in [6.45, 7) is 6.91. The van der Waals surface area contributed by atoms with Gasteiger partial charge in [0.25, 0.3) is 0 Å².